The van der Waals surface area contributed by atoms with Gasteiger partial charge in [0.05, 0.1) is 27.8 Å². The minimum Gasteiger partial charge on any atom is -0.360 e. The molecule has 0 bridgehead atoms. The number of ketones is 1. The molecule has 3 aromatic rings. The number of nitrogens with zero attached hydrogens (tertiary/aromatic N) is 3. The third kappa shape index (κ3) is 5.98. The van der Waals surface area contributed by atoms with Gasteiger partial charge in [0.25, 0.3) is 0 Å². The number of amides is 1. The molecule has 38 heavy (non-hydrogen) atoms. The fraction of sp³-hybridized carbons (Fsp3) is 0.484. The monoisotopic (exact) mass is 533 g/mol. The second-order valence-corrected chi connectivity index (χ2v) is 13.4. The summed E-state index contributed by atoms with van der Waals surface area (Å²) in [6, 6.07) is 9.72. The lowest BCUT2D eigenvalue weighted by Crippen LogP contribution is -2.45. The number of hydrogen-bond acceptors (Lipinski definition) is 6. The Balaban J connectivity index is 1.48. The van der Waals surface area contributed by atoms with Crippen LogP contribution >= 0.6 is 11.3 Å². The van der Waals surface area contributed by atoms with Crippen LogP contribution in [0.25, 0.3) is 10.4 Å². The van der Waals surface area contributed by atoms with Gasteiger partial charge >= 0.3 is 0 Å². The molecule has 1 fully saturated rings. The molecular formula is C31H39N3O3S. The van der Waals surface area contributed by atoms with Gasteiger partial charge in [0.1, 0.15) is 11.7 Å². The van der Waals surface area contributed by atoms with Crippen molar-refractivity contribution >= 4 is 23.0 Å². The Morgan fingerprint density at radius 3 is 2.39 bits per heavy atom. The zero-order valence-electron chi connectivity index (χ0n) is 23.6. The first-order valence-electron chi connectivity index (χ1n) is 13.2. The SMILES string of the molecule is C=C1CC(C(=O)CCc2ccc(-c3scnc3C)cc2)N(C(=O)C(c2cc(C(C)(C)C)no2)C(C)(C)C)C1. The maximum atomic E-state index is 14.0. The number of benzene rings is 1. The van der Waals surface area contributed by atoms with E-state index in [-0.39, 0.29) is 17.1 Å². The van der Waals surface area contributed by atoms with Crippen molar-refractivity contribution < 1.29 is 14.1 Å². The molecule has 0 aliphatic carbocycles. The molecule has 202 valence electrons. The van der Waals surface area contributed by atoms with E-state index in [0.29, 0.717) is 31.6 Å². The van der Waals surface area contributed by atoms with Crippen LogP contribution in [0.4, 0.5) is 0 Å². The predicted octanol–water partition coefficient (Wildman–Crippen LogP) is 6.89. The molecule has 1 saturated heterocycles. The maximum Gasteiger partial charge on any atom is 0.234 e. The van der Waals surface area contributed by atoms with Gasteiger partial charge in [-0.3, -0.25) is 9.59 Å². The van der Waals surface area contributed by atoms with Gasteiger partial charge in [-0.15, -0.1) is 11.3 Å². The highest BCUT2D eigenvalue weighted by atomic mass is 32.1. The predicted molar refractivity (Wildman–Crippen MR) is 152 cm³/mol. The van der Waals surface area contributed by atoms with Gasteiger partial charge in [0.2, 0.25) is 5.91 Å². The summed E-state index contributed by atoms with van der Waals surface area (Å²) in [5.74, 6) is -0.0298. The Labute approximate surface area is 230 Å². The van der Waals surface area contributed by atoms with E-state index in [1.54, 1.807) is 16.2 Å². The summed E-state index contributed by atoms with van der Waals surface area (Å²) < 4.78 is 5.72. The van der Waals surface area contributed by atoms with Gasteiger partial charge in [0.15, 0.2) is 5.78 Å². The molecule has 1 aromatic carbocycles. The molecular weight excluding hydrogens is 494 g/mol. The van der Waals surface area contributed by atoms with Crippen LogP contribution in [0.2, 0.25) is 0 Å². The topological polar surface area (TPSA) is 76.3 Å². The van der Waals surface area contributed by atoms with Crippen molar-refractivity contribution in [2.24, 2.45) is 5.41 Å². The number of Topliss-reactive ketones (excluding diaryl/α,β-unsaturated/α-hetero) is 1. The molecule has 1 aliphatic heterocycles. The van der Waals surface area contributed by atoms with Crippen LogP contribution in [-0.2, 0) is 21.4 Å². The van der Waals surface area contributed by atoms with Crippen LogP contribution in [0.5, 0.6) is 0 Å². The lowest BCUT2D eigenvalue weighted by molar-refractivity contribution is -0.141. The van der Waals surface area contributed by atoms with Gasteiger partial charge in [-0.25, -0.2) is 4.98 Å². The highest BCUT2D eigenvalue weighted by Crippen LogP contribution is 2.40. The highest BCUT2D eigenvalue weighted by molar-refractivity contribution is 7.13. The summed E-state index contributed by atoms with van der Waals surface area (Å²) in [7, 11) is 0. The molecule has 0 spiro atoms. The van der Waals surface area contributed by atoms with E-state index >= 15 is 0 Å². The average molecular weight is 534 g/mol. The van der Waals surface area contributed by atoms with E-state index in [9.17, 15) is 9.59 Å². The van der Waals surface area contributed by atoms with Crippen LogP contribution in [-0.4, -0.2) is 39.3 Å². The van der Waals surface area contributed by atoms with E-state index in [0.717, 1.165) is 28.1 Å². The number of thiazole rings is 1. The smallest absolute Gasteiger partial charge is 0.234 e. The lowest BCUT2D eigenvalue weighted by Gasteiger charge is -2.33. The normalized spacial score (nSPS) is 17.2. The fourth-order valence-electron chi connectivity index (χ4n) is 5.02. The first-order valence-corrected chi connectivity index (χ1v) is 14.1. The Bertz CT molecular complexity index is 1320. The molecule has 3 heterocycles. The van der Waals surface area contributed by atoms with Gasteiger partial charge in [-0.2, -0.15) is 0 Å². The molecule has 1 aliphatic rings. The third-order valence-electron chi connectivity index (χ3n) is 7.22. The van der Waals surface area contributed by atoms with Crippen molar-refractivity contribution in [2.45, 2.75) is 85.1 Å². The minimum atomic E-state index is -0.546. The van der Waals surface area contributed by atoms with Crippen molar-refractivity contribution in [1.82, 2.24) is 15.0 Å². The molecule has 2 unspecified atom stereocenters. The molecule has 0 N–H and O–H groups in total. The first kappa shape index (κ1) is 28.0. The number of hydrogen-bond donors (Lipinski definition) is 0. The zero-order chi connectivity index (χ0) is 27.8. The van der Waals surface area contributed by atoms with Gasteiger partial charge in [-0.1, -0.05) is 83.1 Å². The maximum absolute atomic E-state index is 14.0. The van der Waals surface area contributed by atoms with Gasteiger partial charge in [0, 0.05) is 24.4 Å². The number of aromatic nitrogens is 2. The highest BCUT2D eigenvalue weighted by Gasteiger charge is 2.44. The van der Waals surface area contributed by atoms with Crippen LogP contribution in [0.15, 0.2) is 52.5 Å². The van der Waals surface area contributed by atoms with E-state index in [1.165, 1.54) is 4.88 Å². The number of rotatable bonds is 7. The van der Waals surface area contributed by atoms with Crippen LogP contribution in [0.3, 0.4) is 0 Å². The summed E-state index contributed by atoms with van der Waals surface area (Å²) in [4.78, 5) is 34.7. The van der Waals surface area contributed by atoms with Gasteiger partial charge < -0.3 is 9.42 Å². The summed E-state index contributed by atoms with van der Waals surface area (Å²) in [5, 5.41) is 4.26. The molecule has 7 heteroatoms. The van der Waals surface area contributed by atoms with E-state index < -0.39 is 17.4 Å². The summed E-state index contributed by atoms with van der Waals surface area (Å²) in [6.45, 7) is 18.8. The first-order chi connectivity index (χ1) is 17.8. The molecule has 2 atom stereocenters. The van der Waals surface area contributed by atoms with Crippen molar-refractivity contribution in [3.05, 3.63) is 70.7 Å². The van der Waals surface area contributed by atoms with Crippen LogP contribution in [0, 0.1) is 12.3 Å². The molecule has 2 aromatic heterocycles. The van der Waals surface area contributed by atoms with Crippen LogP contribution < -0.4 is 0 Å². The Hall–Kier alpha value is -3.06. The van der Waals surface area contributed by atoms with E-state index in [2.05, 4.69) is 61.8 Å². The summed E-state index contributed by atoms with van der Waals surface area (Å²) in [6.07, 6.45) is 1.51. The number of carbonyl (C=O) groups excluding carboxylic acids is 2. The molecule has 0 radical (unpaired) electrons. The van der Waals surface area contributed by atoms with Crippen molar-refractivity contribution in [3.8, 4) is 10.4 Å². The number of likely N-dealkylation sites (tertiary alicyclic amines) is 1. The Morgan fingerprint density at radius 1 is 1.16 bits per heavy atom. The van der Waals surface area contributed by atoms with E-state index in [4.69, 9.17) is 4.52 Å². The largest absolute Gasteiger partial charge is 0.360 e. The van der Waals surface area contributed by atoms with Gasteiger partial charge in [-0.05, 0) is 36.3 Å². The number of aryl methyl sites for hydroxylation is 2. The number of carbonyl (C=O) groups is 2. The summed E-state index contributed by atoms with van der Waals surface area (Å²) in [5.41, 5.74) is 6.23. The zero-order valence-corrected chi connectivity index (χ0v) is 24.4. The second-order valence-electron chi connectivity index (χ2n) is 12.5. The minimum absolute atomic E-state index is 0.0694. The van der Waals surface area contributed by atoms with Crippen molar-refractivity contribution in [2.75, 3.05) is 6.54 Å². The quantitative estimate of drug-likeness (QED) is 0.309. The fourth-order valence-corrected chi connectivity index (χ4v) is 5.83. The summed E-state index contributed by atoms with van der Waals surface area (Å²) >= 11 is 1.63. The third-order valence-corrected chi connectivity index (χ3v) is 8.20. The Kier molecular flexibility index (Phi) is 7.80. The Morgan fingerprint density at radius 2 is 1.84 bits per heavy atom. The van der Waals surface area contributed by atoms with Crippen molar-refractivity contribution in [3.63, 3.8) is 0 Å². The van der Waals surface area contributed by atoms with E-state index in [1.807, 2.05) is 39.3 Å². The van der Waals surface area contributed by atoms with Crippen LogP contribution in [0.1, 0.15) is 83.0 Å². The molecule has 0 saturated carbocycles. The lowest BCUT2D eigenvalue weighted by atomic mass is 9.77. The average Bonchev–Trinajstić information content (AvgIpc) is 3.57. The molecule has 4 rings (SSSR count). The molecule has 6 nitrogen and oxygen atoms in total. The van der Waals surface area contributed by atoms with Crippen molar-refractivity contribution in [1.29, 1.82) is 0 Å². The standard InChI is InChI=1S/C31H39N3O3S/c1-19-15-23(24(35)14-11-21-9-12-22(13-10-21)28-20(2)32-18-38-28)34(17-19)29(36)27(31(6,7)8)25-16-26(33-37-25)30(3,4)5/h9-10,12-13,16,18,23,27H,1,11,14-15,17H2,2-8H3. The molecule has 1 amide bonds. The second kappa shape index (κ2) is 10.6.